The lowest BCUT2D eigenvalue weighted by Crippen LogP contribution is -2.50. The van der Waals surface area contributed by atoms with Gasteiger partial charge in [0, 0.05) is 11.6 Å². The van der Waals surface area contributed by atoms with E-state index in [0.717, 1.165) is 37.1 Å². The molecule has 3 rings (SSSR count). The molecule has 2 aromatic carbocycles. The van der Waals surface area contributed by atoms with E-state index in [0.29, 0.717) is 12.1 Å². The van der Waals surface area contributed by atoms with Gasteiger partial charge in [-0.3, -0.25) is 4.79 Å². The first-order valence-electron chi connectivity index (χ1n) is 13.8. The van der Waals surface area contributed by atoms with Gasteiger partial charge in [-0.25, -0.2) is 0 Å². The van der Waals surface area contributed by atoms with Crippen LogP contribution in [0.2, 0.25) is 0 Å². The molecule has 0 fully saturated rings. The van der Waals surface area contributed by atoms with Crippen LogP contribution >= 0.6 is 0 Å². The van der Waals surface area contributed by atoms with Crippen LogP contribution in [0.5, 0.6) is 5.75 Å². The number of anilines is 1. The number of benzene rings is 2. The number of hydrogen-bond acceptors (Lipinski definition) is 5. The van der Waals surface area contributed by atoms with Gasteiger partial charge in [0.1, 0.15) is 5.75 Å². The van der Waals surface area contributed by atoms with E-state index < -0.39 is 11.6 Å². The Morgan fingerprint density at radius 3 is 2.46 bits per heavy atom. The number of methoxy groups -OCH3 is 1. The molecule has 0 heterocycles. The molecule has 1 amide bonds. The predicted octanol–water partition coefficient (Wildman–Crippen LogP) is 5.76. The maximum absolute atomic E-state index is 12.6. The van der Waals surface area contributed by atoms with Gasteiger partial charge in [-0.05, 0) is 80.6 Å². The summed E-state index contributed by atoms with van der Waals surface area (Å²) in [6.45, 7) is 4.88. The number of amides is 1. The smallest absolute Gasteiger partial charge is 0.241 e. The Morgan fingerprint density at radius 2 is 1.87 bits per heavy atom. The van der Waals surface area contributed by atoms with E-state index in [9.17, 15) is 9.90 Å². The van der Waals surface area contributed by atoms with Crippen molar-refractivity contribution >= 4 is 11.6 Å². The number of carbonyl (C=O) groups is 1. The Hall–Kier alpha value is -3.45. The zero-order valence-electron chi connectivity index (χ0n) is 23.4. The minimum absolute atomic E-state index is 0.0282. The second-order valence-electron chi connectivity index (χ2n) is 9.81. The third kappa shape index (κ3) is 7.79. The molecule has 208 valence electrons. The Bertz CT molecular complexity index is 1170. The Kier molecular flexibility index (Phi) is 11.7. The molecule has 0 aliphatic heterocycles. The topological polar surface area (TPSA) is 96.6 Å². The molecule has 0 radical (unpaired) electrons. The fourth-order valence-electron chi connectivity index (χ4n) is 5.15. The summed E-state index contributed by atoms with van der Waals surface area (Å²) in [5, 5.41) is 16.0. The first-order valence-corrected chi connectivity index (χ1v) is 13.8. The van der Waals surface area contributed by atoms with Crippen molar-refractivity contribution < 1.29 is 14.6 Å². The number of aliphatic hydroxyl groups is 1. The second-order valence-corrected chi connectivity index (χ2v) is 9.81. The van der Waals surface area contributed by atoms with E-state index in [-0.39, 0.29) is 18.4 Å². The number of allylic oxidation sites excluding steroid dienone is 5. The highest BCUT2D eigenvalue weighted by molar-refractivity contribution is 5.94. The molecular weight excluding hydrogens is 486 g/mol. The van der Waals surface area contributed by atoms with Gasteiger partial charge in [-0.15, -0.1) is 0 Å². The number of rotatable bonds is 14. The van der Waals surface area contributed by atoms with Crippen molar-refractivity contribution in [1.29, 1.82) is 0 Å². The Labute approximate surface area is 233 Å². The monoisotopic (exact) mass is 529 g/mol. The summed E-state index contributed by atoms with van der Waals surface area (Å²) in [5.41, 5.74) is 9.66. The van der Waals surface area contributed by atoms with Crippen molar-refractivity contribution in [3.8, 4) is 5.75 Å². The van der Waals surface area contributed by atoms with Crippen LogP contribution in [0.1, 0.15) is 50.7 Å². The van der Waals surface area contributed by atoms with Crippen LogP contribution in [0.25, 0.3) is 0 Å². The molecule has 0 bridgehead atoms. The number of hydrogen-bond donors (Lipinski definition) is 4. The molecule has 0 aromatic heterocycles. The molecule has 39 heavy (non-hydrogen) atoms. The lowest BCUT2D eigenvalue weighted by atomic mass is 9.69. The zero-order valence-corrected chi connectivity index (χ0v) is 23.4. The number of ether oxygens (including phenoxy) is 1. The minimum atomic E-state index is -0.589. The first kappa shape index (κ1) is 30.1. The van der Waals surface area contributed by atoms with E-state index in [1.807, 2.05) is 19.1 Å². The third-order valence-electron chi connectivity index (χ3n) is 7.28. The van der Waals surface area contributed by atoms with E-state index in [1.165, 1.54) is 11.1 Å². The maximum atomic E-state index is 12.6. The van der Waals surface area contributed by atoms with Crippen LogP contribution in [0, 0.1) is 5.92 Å². The van der Waals surface area contributed by atoms with Crippen molar-refractivity contribution in [2.45, 2.75) is 57.7 Å². The fraction of sp³-hybridized carbons (Fsp3) is 0.364. The highest BCUT2D eigenvalue weighted by Gasteiger charge is 2.40. The highest BCUT2D eigenvalue weighted by Crippen LogP contribution is 2.42. The van der Waals surface area contributed by atoms with Crippen molar-refractivity contribution in [2.75, 3.05) is 19.0 Å². The van der Waals surface area contributed by atoms with E-state index in [1.54, 1.807) is 31.4 Å². The van der Waals surface area contributed by atoms with Crippen molar-refractivity contribution in [2.24, 2.45) is 11.7 Å². The Balaban J connectivity index is 1.70. The summed E-state index contributed by atoms with van der Waals surface area (Å²) < 4.78 is 5.44. The van der Waals surface area contributed by atoms with Gasteiger partial charge in [-0.2, -0.15) is 0 Å². The average molecular weight is 530 g/mol. The lowest BCUT2D eigenvalue weighted by Gasteiger charge is -2.43. The molecule has 0 saturated heterocycles. The molecular formula is C33H43N3O3. The summed E-state index contributed by atoms with van der Waals surface area (Å²) in [4.78, 5) is 12.6. The number of carbonyl (C=O) groups excluding carboxylic acids is 1. The number of nitrogens with two attached hydrogens (primary N) is 1. The first-order chi connectivity index (χ1) is 19.0. The van der Waals surface area contributed by atoms with E-state index in [4.69, 9.17) is 10.5 Å². The lowest BCUT2D eigenvalue weighted by molar-refractivity contribution is -0.117. The van der Waals surface area contributed by atoms with Crippen molar-refractivity contribution in [3.05, 3.63) is 108 Å². The predicted molar refractivity (Wildman–Crippen MR) is 160 cm³/mol. The standard InChI is InChI=1S/C33H43N3O3/c1-4-11-26(5-2)33(27-12-7-6-8-13-27,28-17-21-30(39-3)22-18-28)35-23-10-9-14-31(34)32(38)36-29-19-15-25(24-37)16-20-29/h4-8,11-12,15-22,27,31,35,37H,9-10,13-14,23-24,34H2,1-3H3,(H,36,38)/b11-4+,26-5+/t27?,31-,33?/m0/s1. The molecule has 6 heteroatoms. The number of nitrogens with one attached hydrogen (secondary N) is 2. The normalized spacial score (nSPS) is 17.7. The molecule has 2 aromatic rings. The zero-order chi connectivity index (χ0) is 28.1. The van der Waals surface area contributed by atoms with Gasteiger partial charge < -0.3 is 26.2 Å². The number of unbranched alkanes of at least 4 members (excludes halogenated alkanes) is 1. The molecule has 6 nitrogen and oxygen atoms in total. The summed E-state index contributed by atoms with van der Waals surface area (Å²) in [5.74, 6) is 0.857. The van der Waals surface area contributed by atoms with Gasteiger partial charge >= 0.3 is 0 Å². The molecule has 1 aliphatic carbocycles. The summed E-state index contributed by atoms with van der Waals surface area (Å²) in [6, 6.07) is 14.9. The van der Waals surface area contributed by atoms with Crippen LogP contribution < -0.4 is 21.1 Å². The second kappa shape index (κ2) is 15.2. The van der Waals surface area contributed by atoms with E-state index >= 15 is 0 Å². The van der Waals surface area contributed by atoms with Gasteiger partial charge in [0.05, 0.1) is 25.3 Å². The van der Waals surface area contributed by atoms with Crippen LogP contribution in [0.4, 0.5) is 5.69 Å². The Morgan fingerprint density at radius 1 is 1.13 bits per heavy atom. The molecule has 0 spiro atoms. The summed E-state index contributed by atoms with van der Waals surface area (Å²) >= 11 is 0. The number of aliphatic hydroxyl groups excluding tert-OH is 1. The minimum Gasteiger partial charge on any atom is -0.497 e. The molecule has 5 N–H and O–H groups in total. The fourth-order valence-corrected chi connectivity index (χ4v) is 5.15. The van der Waals surface area contributed by atoms with Gasteiger partial charge in [0.15, 0.2) is 0 Å². The molecule has 3 atom stereocenters. The summed E-state index contributed by atoms with van der Waals surface area (Å²) in [7, 11) is 1.68. The molecule has 2 unspecified atom stereocenters. The van der Waals surface area contributed by atoms with Crippen molar-refractivity contribution in [1.82, 2.24) is 5.32 Å². The van der Waals surface area contributed by atoms with Crippen LogP contribution in [0.15, 0.2) is 96.6 Å². The van der Waals surface area contributed by atoms with Crippen LogP contribution in [-0.2, 0) is 16.9 Å². The molecule has 1 aliphatic rings. The largest absolute Gasteiger partial charge is 0.497 e. The third-order valence-corrected chi connectivity index (χ3v) is 7.28. The highest BCUT2D eigenvalue weighted by atomic mass is 16.5. The average Bonchev–Trinajstić information content (AvgIpc) is 2.99. The SMILES string of the molecule is C/C=C/C(=C\C)C(NCCCC[C@H](N)C(=O)Nc1ccc(CO)cc1)(c1ccc(OC)cc1)C1C=CC=CC1. The van der Waals surface area contributed by atoms with E-state index in [2.05, 4.69) is 72.2 Å². The van der Waals surface area contributed by atoms with Gasteiger partial charge in [-0.1, -0.05) is 73.2 Å². The summed E-state index contributed by atoms with van der Waals surface area (Å²) in [6.07, 6.45) is 18.4. The van der Waals surface area contributed by atoms with Crippen LogP contribution in [-0.4, -0.2) is 30.7 Å². The van der Waals surface area contributed by atoms with Crippen LogP contribution in [0.3, 0.4) is 0 Å². The van der Waals surface area contributed by atoms with Gasteiger partial charge in [0.25, 0.3) is 0 Å². The molecule has 0 saturated carbocycles. The van der Waals surface area contributed by atoms with Gasteiger partial charge in [0.2, 0.25) is 5.91 Å². The maximum Gasteiger partial charge on any atom is 0.241 e. The van der Waals surface area contributed by atoms with Crippen molar-refractivity contribution in [3.63, 3.8) is 0 Å². The quantitative estimate of drug-likeness (QED) is 0.184.